The third kappa shape index (κ3) is 1.94. The van der Waals surface area contributed by atoms with E-state index in [4.69, 9.17) is 5.11 Å². The van der Waals surface area contributed by atoms with Crippen LogP contribution in [-0.4, -0.2) is 27.6 Å². The lowest BCUT2D eigenvalue weighted by molar-refractivity contribution is -0.142. The van der Waals surface area contributed by atoms with E-state index in [1.54, 1.807) is 6.33 Å². The number of nitrogens with zero attached hydrogens (tertiary/aromatic N) is 2. The molecule has 1 aromatic rings. The minimum absolute atomic E-state index is 0.478. The van der Waals surface area contributed by atoms with Gasteiger partial charge in [0, 0.05) is 17.8 Å². The van der Waals surface area contributed by atoms with Crippen LogP contribution in [-0.2, 0) is 17.6 Å². The van der Waals surface area contributed by atoms with Crippen molar-refractivity contribution < 1.29 is 9.90 Å². The van der Waals surface area contributed by atoms with Gasteiger partial charge in [-0.25, -0.2) is 9.97 Å². The largest absolute Gasteiger partial charge is 0.481 e. The fourth-order valence-electron chi connectivity index (χ4n) is 2.54. The Morgan fingerprint density at radius 1 is 1.33 bits per heavy atom. The summed E-state index contributed by atoms with van der Waals surface area (Å²) < 4.78 is 0. The van der Waals surface area contributed by atoms with Crippen molar-refractivity contribution in [2.45, 2.75) is 38.5 Å². The average molecular weight is 247 g/mol. The van der Waals surface area contributed by atoms with E-state index < -0.39 is 11.4 Å². The topological polar surface area (TPSA) is 75.1 Å². The molecule has 0 unspecified atom stereocenters. The molecule has 5 nitrogen and oxygen atoms in total. The monoisotopic (exact) mass is 247 g/mol. The molecule has 1 fully saturated rings. The molecule has 1 aromatic heterocycles. The van der Waals surface area contributed by atoms with E-state index in [-0.39, 0.29) is 0 Å². The maximum atomic E-state index is 11.1. The third-order valence-electron chi connectivity index (χ3n) is 4.03. The summed E-state index contributed by atoms with van der Waals surface area (Å²) in [4.78, 5) is 19.7. The van der Waals surface area contributed by atoms with Crippen LogP contribution in [0.2, 0.25) is 0 Å². The van der Waals surface area contributed by atoms with Crippen molar-refractivity contribution >= 4 is 11.8 Å². The Hall–Kier alpha value is -1.65. The maximum Gasteiger partial charge on any atom is 0.311 e. The average Bonchev–Trinajstić information content (AvgIpc) is 3.17. The fraction of sp³-hybridized carbons (Fsp3) is 0.615. The van der Waals surface area contributed by atoms with E-state index in [1.165, 1.54) is 18.4 Å². The lowest BCUT2D eigenvalue weighted by Gasteiger charge is -2.19. The van der Waals surface area contributed by atoms with Gasteiger partial charge < -0.3 is 10.4 Å². The fourth-order valence-corrected chi connectivity index (χ4v) is 2.54. The van der Waals surface area contributed by atoms with Crippen molar-refractivity contribution in [2.75, 3.05) is 11.9 Å². The molecule has 2 N–H and O–H groups in total. The van der Waals surface area contributed by atoms with E-state index in [1.807, 2.05) is 0 Å². The second-order valence-electron chi connectivity index (χ2n) is 5.29. The van der Waals surface area contributed by atoms with Gasteiger partial charge in [-0.1, -0.05) is 0 Å². The van der Waals surface area contributed by atoms with E-state index in [0.717, 1.165) is 37.2 Å². The number of carboxylic acids is 1. The number of aromatic nitrogens is 2. The molecule has 2 aliphatic carbocycles. The number of carbonyl (C=O) groups is 1. The summed E-state index contributed by atoms with van der Waals surface area (Å²) in [5.41, 5.74) is 1.76. The van der Waals surface area contributed by atoms with Crippen LogP contribution in [0.15, 0.2) is 6.33 Å². The third-order valence-corrected chi connectivity index (χ3v) is 4.03. The smallest absolute Gasteiger partial charge is 0.311 e. The van der Waals surface area contributed by atoms with Gasteiger partial charge in [0.1, 0.15) is 12.1 Å². The van der Waals surface area contributed by atoms with E-state index in [0.29, 0.717) is 6.54 Å². The van der Waals surface area contributed by atoms with Gasteiger partial charge in [0.25, 0.3) is 0 Å². The molecule has 18 heavy (non-hydrogen) atoms. The maximum absolute atomic E-state index is 11.1. The molecule has 0 bridgehead atoms. The van der Waals surface area contributed by atoms with Crippen LogP contribution < -0.4 is 5.32 Å². The summed E-state index contributed by atoms with van der Waals surface area (Å²) in [6, 6.07) is 0. The molecule has 0 saturated heterocycles. The first-order valence-corrected chi connectivity index (χ1v) is 6.51. The number of nitrogens with one attached hydrogen (secondary N) is 1. The Labute approximate surface area is 106 Å². The van der Waals surface area contributed by atoms with Gasteiger partial charge in [0.2, 0.25) is 0 Å². The standard InChI is InChI=1S/C13H17N3O2/c17-12(18)13(5-6-13)7-14-11-9-3-1-2-4-10(9)15-8-16-11/h8H,1-7H2,(H,17,18)(H,14,15,16). The quantitative estimate of drug-likeness (QED) is 0.845. The highest BCUT2D eigenvalue weighted by atomic mass is 16.4. The molecule has 1 saturated carbocycles. The van der Waals surface area contributed by atoms with Gasteiger partial charge in [0.05, 0.1) is 5.41 Å². The molecule has 96 valence electrons. The summed E-state index contributed by atoms with van der Waals surface area (Å²) in [5, 5.41) is 12.4. The Morgan fingerprint density at radius 2 is 2.11 bits per heavy atom. The lowest BCUT2D eigenvalue weighted by atomic mass is 9.96. The summed E-state index contributed by atoms with van der Waals surface area (Å²) >= 11 is 0. The molecule has 0 atom stereocenters. The first kappa shape index (κ1) is 11.4. The molecule has 0 amide bonds. The first-order valence-electron chi connectivity index (χ1n) is 6.51. The number of fused-ring (bicyclic) bond motifs is 1. The molecule has 1 heterocycles. The van der Waals surface area contributed by atoms with Crippen LogP contribution in [0.25, 0.3) is 0 Å². The van der Waals surface area contributed by atoms with Crippen molar-refractivity contribution in [3.05, 3.63) is 17.6 Å². The zero-order valence-corrected chi connectivity index (χ0v) is 10.3. The number of rotatable bonds is 4. The number of carboxylic acid groups (broad SMARTS) is 1. The van der Waals surface area contributed by atoms with Crippen LogP contribution in [0.5, 0.6) is 0 Å². The Bertz CT molecular complexity index is 483. The Kier molecular flexibility index (Phi) is 2.69. The van der Waals surface area contributed by atoms with Gasteiger partial charge in [-0.2, -0.15) is 0 Å². The number of anilines is 1. The van der Waals surface area contributed by atoms with E-state index in [9.17, 15) is 4.79 Å². The second-order valence-corrected chi connectivity index (χ2v) is 5.29. The van der Waals surface area contributed by atoms with Gasteiger partial charge in [-0.3, -0.25) is 4.79 Å². The number of aryl methyl sites for hydroxylation is 1. The molecular weight excluding hydrogens is 230 g/mol. The summed E-state index contributed by atoms with van der Waals surface area (Å²) in [6.45, 7) is 0.478. The molecule has 3 rings (SSSR count). The Balaban J connectivity index is 1.75. The normalized spacial score (nSPS) is 20.0. The summed E-state index contributed by atoms with van der Waals surface area (Å²) in [5.74, 6) is 0.144. The minimum atomic E-state index is -0.696. The van der Waals surface area contributed by atoms with Crippen molar-refractivity contribution in [3.63, 3.8) is 0 Å². The highest BCUT2D eigenvalue weighted by molar-refractivity contribution is 5.78. The predicted molar refractivity (Wildman–Crippen MR) is 66.5 cm³/mol. The second kappa shape index (κ2) is 4.23. The van der Waals surface area contributed by atoms with Crippen LogP contribution in [0.3, 0.4) is 0 Å². The van der Waals surface area contributed by atoms with Crippen molar-refractivity contribution in [2.24, 2.45) is 5.41 Å². The van der Waals surface area contributed by atoms with E-state index in [2.05, 4.69) is 15.3 Å². The van der Waals surface area contributed by atoms with Crippen molar-refractivity contribution in [1.82, 2.24) is 9.97 Å². The zero-order valence-electron chi connectivity index (χ0n) is 10.3. The SMILES string of the molecule is O=C(O)C1(CNc2ncnc3c2CCCC3)CC1. The summed E-state index contributed by atoms with van der Waals surface area (Å²) in [6.07, 6.45) is 7.47. The van der Waals surface area contributed by atoms with Crippen LogP contribution in [0.4, 0.5) is 5.82 Å². The molecule has 0 aliphatic heterocycles. The number of hydrogen-bond donors (Lipinski definition) is 2. The first-order chi connectivity index (χ1) is 8.71. The van der Waals surface area contributed by atoms with Crippen LogP contribution in [0.1, 0.15) is 36.9 Å². The highest BCUT2D eigenvalue weighted by Gasteiger charge is 2.50. The van der Waals surface area contributed by atoms with Gasteiger partial charge in [0.15, 0.2) is 0 Å². The van der Waals surface area contributed by atoms with Gasteiger partial charge >= 0.3 is 5.97 Å². The van der Waals surface area contributed by atoms with Crippen LogP contribution in [0, 0.1) is 5.41 Å². The van der Waals surface area contributed by atoms with Gasteiger partial charge in [-0.05, 0) is 38.5 Å². The number of hydrogen-bond acceptors (Lipinski definition) is 4. The molecule has 0 spiro atoms. The summed E-state index contributed by atoms with van der Waals surface area (Å²) in [7, 11) is 0. The Morgan fingerprint density at radius 3 is 2.83 bits per heavy atom. The highest BCUT2D eigenvalue weighted by Crippen LogP contribution is 2.45. The number of aliphatic carboxylic acids is 1. The van der Waals surface area contributed by atoms with Crippen molar-refractivity contribution in [1.29, 1.82) is 0 Å². The predicted octanol–water partition coefficient (Wildman–Crippen LogP) is 1.63. The van der Waals surface area contributed by atoms with E-state index >= 15 is 0 Å². The molecule has 0 radical (unpaired) electrons. The lowest BCUT2D eigenvalue weighted by Crippen LogP contribution is -2.25. The van der Waals surface area contributed by atoms with Crippen LogP contribution >= 0.6 is 0 Å². The molecule has 5 heteroatoms. The molecule has 0 aromatic carbocycles. The molecular formula is C13H17N3O2. The minimum Gasteiger partial charge on any atom is -0.481 e. The van der Waals surface area contributed by atoms with Gasteiger partial charge in [-0.15, -0.1) is 0 Å². The zero-order chi connectivity index (χ0) is 12.6. The van der Waals surface area contributed by atoms with Crippen molar-refractivity contribution in [3.8, 4) is 0 Å². The molecule has 2 aliphatic rings.